The lowest BCUT2D eigenvalue weighted by atomic mass is 10.1. The van der Waals surface area contributed by atoms with Crippen LogP contribution in [0.4, 0.5) is 0 Å². The summed E-state index contributed by atoms with van der Waals surface area (Å²) in [5.41, 5.74) is 0. The highest BCUT2D eigenvalue weighted by atomic mass is 16.5. The molecule has 82 valence electrons. The normalized spacial score (nSPS) is 22.9. The molecule has 1 rings (SSSR count). The van der Waals surface area contributed by atoms with E-state index in [0.717, 1.165) is 13.0 Å². The Labute approximate surface area is 86.4 Å². The lowest BCUT2D eigenvalue weighted by Crippen LogP contribution is -2.48. The van der Waals surface area contributed by atoms with Gasteiger partial charge in [0.2, 0.25) is 5.91 Å². The van der Waals surface area contributed by atoms with Crippen LogP contribution in [0, 0.1) is 5.92 Å². The van der Waals surface area contributed by atoms with Gasteiger partial charge in [0.25, 0.3) is 0 Å². The average molecular weight is 199 g/mol. The van der Waals surface area contributed by atoms with Crippen LogP contribution in [0.15, 0.2) is 0 Å². The molecule has 0 spiro atoms. The second-order valence-corrected chi connectivity index (χ2v) is 4.32. The fraction of sp³-hybridized carbons (Fsp3) is 0.909. The summed E-state index contributed by atoms with van der Waals surface area (Å²) in [6.45, 7) is 8.44. The maximum atomic E-state index is 11.8. The zero-order chi connectivity index (χ0) is 10.6. The third-order valence-electron chi connectivity index (χ3n) is 2.60. The zero-order valence-corrected chi connectivity index (χ0v) is 9.45. The van der Waals surface area contributed by atoms with E-state index in [9.17, 15) is 4.79 Å². The lowest BCUT2D eigenvalue weighted by Gasteiger charge is -2.35. The van der Waals surface area contributed by atoms with Crippen molar-refractivity contribution in [3.05, 3.63) is 0 Å². The predicted octanol–water partition coefficient (Wildman–Crippen LogP) is 1.67. The molecule has 0 aromatic heterocycles. The largest absolute Gasteiger partial charge is 0.377 e. The van der Waals surface area contributed by atoms with Crippen molar-refractivity contribution < 1.29 is 9.53 Å². The van der Waals surface area contributed by atoms with Gasteiger partial charge >= 0.3 is 0 Å². The van der Waals surface area contributed by atoms with Gasteiger partial charge in [-0.1, -0.05) is 20.8 Å². The van der Waals surface area contributed by atoms with Crippen LogP contribution in [0.25, 0.3) is 0 Å². The Balaban J connectivity index is 2.50. The summed E-state index contributed by atoms with van der Waals surface area (Å²) >= 11 is 0. The number of morpholine rings is 1. The fourth-order valence-electron chi connectivity index (χ4n) is 1.79. The van der Waals surface area contributed by atoms with Crippen molar-refractivity contribution in [1.29, 1.82) is 0 Å². The highest BCUT2D eigenvalue weighted by Crippen LogP contribution is 2.13. The third kappa shape index (κ3) is 2.98. The SMILES string of the molecule is CC[C@@H]1COCCN1C(=O)CC(C)C. The Morgan fingerprint density at radius 3 is 2.86 bits per heavy atom. The van der Waals surface area contributed by atoms with E-state index in [2.05, 4.69) is 20.8 Å². The molecule has 1 atom stereocenters. The summed E-state index contributed by atoms with van der Waals surface area (Å²) in [5, 5.41) is 0. The first-order chi connectivity index (χ1) is 6.65. The van der Waals surface area contributed by atoms with Crippen molar-refractivity contribution in [2.75, 3.05) is 19.8 Å². The van der Waals surface area contributed by atoms with Crippen molar-refractivity contribution >= 4 is 5.91 Å². The Kier molecular flexibility index (Phi) is 4.39. The minimum Gasteiger partial charge on any atom is -0.377 e. The molecule has 0 aromatic rings. The second-order valence-electron chi connectivity index (χ2n) is 4.32. The molecule has 1 aliphatic heterocycles. The highest BCUT2D eigenvalue weighted by Gasteiger charge is 2.25. The van der Waals surface area contributed by atoms with Gasteiger partial charge < -0.3 is 9.64 Å². The van der Waals surface area contributed by atoms with Gasteiger partial charge in [0, 0.05) is 13.0 Å². The van der Waals surface area contributed by atoms with Crippen LogP contribution in [-0.4, -0.2) is 36.6 Å². The highest BCUT2D eigenvalue weighted by molar-refractivity contribution is 5.76. The third-order valence-corrected chi connectivity index (χ3v) is 2.60. The molecule has 0 N–H and O–H groups in total. The lowest BCUT2D eigenvalue weighted by molar-refractivity contribution is -0.140. The quantitative estimate of drug-likeness (QED) is 0.692. The molecule has 1 aliphatic rings. The number of carbonyl (C=O) groups is 1. The molecule has 0 aromatic carbocycles. The Morgan fingerprint density at radius 1 is 1.57 bits per heavy atom. The number of nitrogens with zero attached hydrogens (tertiary/aromatic N) is 1. The van der Waals surface area contributed by atoms with E-state index < -0.39 is 0 Å². The summed E-state index contributed by atoms with van der Waals surface area (Å²) < 4.78 is 5.36. The first-order valence-corrected chi connectivity index (χ1v) is 5.52. The number of hydrogen-bond donors (Lipinski definition) is 0. The maximum absolute atomic E-state index is 11.8. The molecule has 0 saturated carbocycles. The van der Waals surface area contributed by atoms with Crippen LogP contribution >= 0.6 is 0 Å². The maximum Gasteiger partial charge on any atom is 0.223 e. The van der Waals surface area contributed by atoms with Crippen LogP contribution in [0.2, 0.25) is 0 Å². The van der Waals surface area contributed by atoms with Gasteiger partial charge in [-0.2, -0.15) is 0 Å². The smallest absolute Gasteiger partial charge is 0.223 e. The van der Waals surface area contributed by atoms with Gasteiger partial charge in [-0.25, -0.2) is 0 Å². The number of ether oxygens (including phenoxy) is 1. The first kappa shape index (κ1) is 11.5. The Morgan fingerprint density at radius 2 is 2.29 bits per heavy atom. The van der Waals surface area contributed by atoms with Gasteiger partial charge in [0.1, 0.15) is 0 Å². The monoisotopic (exact) mass is 199 g/mol. The summed E-state index contributed by atoms with van der Waals surface area (Å²) in [6, 6.07) is 0.301. The Bertz CT molecular complexity index is 192. The van der Waals surface area contributed by atoms with Crippen LogP contribution < -0.4 is 0 Å². The van der Waals surface area contributed by atoms with Crippen molar-refractivity contribution in [1.82, 2.24) is 4.90 Å². The minimum atomic E-state index is 0.287. The summed E-state index contributed by atoms with van der Waals surface area (Å²) in [7, 11) is 0. The van der Waals surface area contributed by atoms with E-state index in [1.54, 1.807) is 0 Å². The number of hydrogen-bond acceptors (Lipinski definition) is 2. The predicted molar refractivity (Wildman–Crippen MR) is 56.1 cm³/mol. The summed E-state index contributed by atoms with van der Waals surface area (Å²) in [5.74, 6) is 0.734. The number of carbonyl (C=O) groups excluding carboxylic acids is 1. The molecular formula is C11H21NO2. The van der Waals surface area contributed by atoms with Crippen LogP contribution in [0.1, 0.15) is 33.6 Å². The molecule has 0 aliphatic carbocycles. The van der Waals surface area contributed by atoms with Gasteiger partial charge in [-0.15, -0.1) is 0 Å². The van der Waals surface area contributed by atoms with Crippen molar-refractivity contribution in [2.24, 2.45) is 5.92 Å². The molecule has 1 heterocycles. The molecule has 0 unspecified atom stereocenters. The zero-order valence-electron chi connectivity index (χ0n) is 9.45. The molecule has 1 saturated heterocycles. The summed E-state index contributed by atoms with van der Waals surface area (Å²) in [6.07, 6.45) is 1.65. The van der Waals surface area contributed by atoms with Gasteiger partial charge in [-0.05, 0) is 12.3 Å². The van der Waals surface area contributed by atoms with Crippen LogP contribution in [-0.2, 0) is 9.53 Å². The fourth-order valence-corrected chi connectivity index (χ4v) is 1.79. The molecule has 0 radical (unpaired) electrons. The molecular weight excluding hydrogens is 178 g/mol. The topological polar surface area (TPSA) is 29.5 Å². The van der Waals surface area contributed by atoms with Crippen LogP contribution in [0.5, 0.6) is 0 Å². The van der Waals surface area contributed by atoms with E-state index in [1.807, 2.05) is 4.90 Å². The molecule has 1 fully saturated rings. The standard InChI is InChI=1S/C11H21NO2/c1-4-10-8-14-6-5-12(10)11(13)7-9(2)3/h9-10H,4-8H2,1-3H3/t10-/m1/s1. The van der Waals surface area contributed by atoms with Gasteiger partial charge in [0.15, 0.2) is 0 Å². The second kappa shape index (κ2) is 5.35. The van der Waals surface area contributed by atoms with Gasteiger partial charge in [0.05, 0.1) is 19.3 Å². The van der Waals surface area contributed by atoms with E-state index in [0.29, 0.717) is 31.6 Å². The van der Waals surface area contributed by atoms with E-state index in [-0.39, 0.29) is 5.91 Å². The number of amides is 1. The number of rotatable bonds is 3. The van der Waals surface area contributed by atoms with E-state index >= 15 is 0 Å². The average Bonchev–Trinajstić information content (AvgIpc) is 2.16. The van der Waals surface area contributed by atoms with Crippen molar-refractivity contribution in [3.8, 4) is 0 Å². The molecule has 3 heteroatoms. The van der Waals surface area contributed by atoms with E-state index in [4.69, 9.17) is 4.74 Å². The Hall–Kier alpha value is -0.570. The molecule has 1 amide bonds. The van der Waals surface area contributed by atoms with E-state index in [1.165, 1.54) is 0 Å². The molecule has 0 bridgehead atoms. The van der Waals surface area contributed by atoms with Crippen molar-refractivity contribution in [3.63, 3.8) is 0 Å². The van der Waals surface area contributed by atoms with Gasteiger partial charge in [-0.3, -0.25) is 4.79 Å². The summed E-state index contributed by atoms with van der Waals surface area (Å²) in [4.78, 5) is 13.8. The van der Waals surface area contributed by atoms with Crippen molar-refractivity contribution in [2.45, 2.75) is 39.7 Å². The van der Waals surface area contributed by atoms with Crippen LogP contribution in [0.3, 0.4) is 0 Å². The molecule has 14 heavy (non-hydrogen) atoms. The first-order valence-electron chi connectivity index (χ1n) is 5.52. The minimum absolute atomic E-state index is 0.287. The molecule has 3 nitrogen and oxygen atoms in total.